The smallest absolute Gasteiger partial charge is 0.313 e. The van der Waals surface area contributed by atoms with Crippen LogP contribution < -0.4 is 0 Å². The first kappa shape index (κ1) is 11.4. The van der Waals surface area contributed by atoms with Crippen LogP contribution in [0, 0.1) is 12.7 Å². The third-order valence-electron chi connectivity index (χ3n) is 2.01. The number of esters is 1. The van der Waals surface area contributed by atoms with Crippen LogP contribution in [-0.4, -0.2) is 18.9 Å². The zero-order valence-corrected chi connectivity index (χ0v) is 8.54. The third kappa shape index (κ3) is 2.87. The second-order valence-corrected chi connectivity index (χ2v) is 3.14. The maximum absolute atomic E-state index is 12.9. The van der Waals surface area contributed by atoms with Gasteiger partial charge in [-0.05, 0) is 30.7 Å². The van der Waals surface area contributed by atoms with Gasteiger partial charge in [0.2, 0.25) is 0 Å². The van der Waals surface area contributed by atoms with E-state index in [0.29, 0.717) is 11.1 Å². The van der Waals surface area contributed by atoms with Gasteiger partial charge in [0.25, 0.3) is 0 Å². The number of aryl methyl sites for hydroxylation is 1. The van der Waals surface area contributed by atoms with Gasteiger partial charge in [0, 0.05) is 5.56 Å². The van der Waals surface area contributed by atoms with E-state index in [1.54, 1.807) is 6.92 Å². The summed E-state index contributed by atoms with van der Waals surface area (Å²) in [5, 5.41) is 0. The lowest BCUT2D eigenvalue weighted by Crippen LogP contribution is -2.09. The summed E-state index contributed by atoms with van der Waals surface area (Å²) in [6.07, 6.45) is -0.318. The van der Waals surface area contributed by atoms with Gasteiger partial charge in [-0.25, -0.2) is 4.39 Å². The number of ketones is 1. The molecule has 3 nitrogen and oxygen atoms in total. The third-order valence-corrected chi connectivity index (χ3v) is 2.01. The molecule has 0 radical (unpaired) electrons. The zero-order chi connectivity index (χ0) is 11.4. The van der Waals surface area contributed by atoms with Crippen molar-refractivity contribution < 1.29 is 18.7 Å². The summed E-state index contributed by atoms with van der Waals surface area (Å²) >= 11 is 0. The number of Topliss-reactive ketones (excluding diaryl/α,β-unsaturated/α-hetero) is 1. The number of benzene rings is 1. The van der Waals surface area contributed by atoms with Gasteiger partial charge in [-0.3, -0.25) is 9.59 Å². The second kappa shape index (κ2) is 4.68. The summed E-state index contributed by atoms with van der Waals surface area (Å²) in [5.41, 5.74) is 0.699. The van der Waals surface area contributed by atoms with Crippen molar-refractivity contribution in [1.29, 1.82) is 0 Å². The number of carbonyl (C=O) groups excluding carboxylic acids is 2. The molecule has 0 spiro atoms. The monoisotopic (exact) mass is 210 g/mol. The number of halogens is 1. The van der Waals surface area contributed by atoms with Crippen LogP contribution in [0.5, 0.6) is 0 Å². The lowest BCUT2D eigenvalue weighted by Gasteiger charge is -2.02. The van der Waals surface area contributed by atoms with Gasteiger partial charge < -0.3 is 4.74 Å². The fourth-order valence-electron chi connectivity index (χ4n) is 1.12. The molecule has 0 saturated heterocycles. The standard InChI is InChI=1S/C11H11FO3/c1-7-5-8(3-4-9(7)12)10(13)6-11(14)15-2/h3-5H,6H2,1-2H3. The Hall–Kier alpha value is -1.71. The van der Waals surface area contributed by atoms with Gasteiger partial charge in [0.15, 0.2) is 5.78 Å². The van der Waals surface area contributed by atoms with Crippen LogP contribution in [0.2, 0.25) is 0 Å². The van der Waals surface area contributed by atoms with E-state index < -0.39 is 5.97 Å². The van der Waals surface area contributed by atoms with Gasteiger partial charge in [-0.1, -0.05) is 0 Å². The predicted molar refractivity (Wildman–Crippen MR) is 52.1 cm³/mol. The minimum atomic E-state index is -0.595. The van der Waals surface area contributed by atoms with Crippen molar-refractivity contribution >= 4 is 11.8 Å². The Balaban J connectivity index is 2.83. The van der Waals surface area contributed by atoms with E-state index in [2.05, 4.69) is 4.74 Å². The molecule has 0 unspecified atom stereocenters. The number of carbonyl (C=O) groups is 2. The first-order valence-corrected chi connectivity index (χ1v) is 4.40. The first-order chi connectivity index (χ1) is 7.04. The van der Waals surface area contributed by atoms with Crippen molar-refractivity contribution in [3.63, 3.8) is 0 Å². The van der Waals surface area contributed by atoms with Crippen LogP contribution in [-0.2, 0) is 9.53 Å². The van der Waals surface area contributed by atoms with E-state index in [1.165, 1.54) is 25.3 Å². The normalized spacial score (nSPS) is 9.80. The topological polar surface area (TPSA) is 43.4 Å². The van der Waals surface area contributed by atoms with Gasteiger partial charge in [0.1, 0.15) is 12.2 Å². The molecule has 0 aliphatic rings. The van der Waals surface area contributed by atoms with E-state index in [9.17, 15) is 14.0 Å². The Bertz CT molecular complexity index is 399. The van der Waals surface area contributed by atoms with E-state index in [0.717, 1.165) is 0 Å². The molecule has 0 atom stereocenters. The number of methoxy groups -OCH3 is 1. The Kier molecular flexibility index (Phi) is 3.55. The van der Waals surface area contributed by atoms with Gasteiger partial charge in [-0.15, -0.1) is 0 Å². The van der Waals surface area contributed by atoms with Crippen molar-refractivity contribution in [2.24, 2.45) is 0 Å². The van der Waals surface area contributed by atoms with Gasteiger partial charge >= 0.3 is 5.97 Å². The molecule has 0 fully saturated rings. The molecular weight excluding hydrogens is 199 g/mol. The average Bonchev–Trinajstić information content (AvgIpc) is 2.21. The lowest BCUT2D eigenvalue weighted by molar-refractivity contribution is -0.139. The molecule has 0 heterocycles. The lowest BCUT2D eigenvalue weighted by atomic mass is 10.1. The molecule has 0 amide bonds. The quantitative estimate of drug-likeness (QED) is 0.434. The zero-order valence-electron chi connectivity index (χ0n) is 8.54. The van der Waals surface area contributed by atoms with E-state index in [1.807, 2.05) is 0 Å². The number of ether oxygens (including phenoxy) is 1. The van der Waals surface area contributed by atoms with Gasteiger partial charge in [-0.2, -0.15) is 0 Å². The Morgan fingerprint density at radius 3 is 2.60 bits per heavy atom. The minimum Gasteiger partial charge on any atom is -0.469 e. The maximum atomic E-state index is 12.9. The predicted octanol–water partition coefficient (Wildman–Crippen LogP) is 1.88. The molecule has 0 aromatic heterocycles. The molecule has 80 valence electrons. The van der Waals surface area contributed by atoms with Crippen molar-refractivity contribution in [3.8, 4) is 0 Å². The molecular formula is C11H11FO3. The van der Waals surface area contributed by atoms with E-state index >= 15 is 0 Å². The number of hydrogen-bond donors (Lipinski definition) is 0. The highest BCUT2D eigenvalue weighted by Gasteiger charge is 2.12. The van der Waals surface area contributed by atoms with Crippen molar-refractivity contribution in [2.75, 3.05) is 7.11 Å². The Morgan fingerprint density at radius 1 is 1.40 bits per heavy atom. The molecule has 4 heteroatoms. The number of rotatable bonds is 3. The molecule has 1 rings (SSSR count). The Morgan fingerprint density at radius 2 is 2.07 bits per heavy atom. The van der Waals surface area contributed by atoms with Crippen molar-refractivity contribution in [2.45, 2.75) is 13.3 Å². The first-order valence-electron chi connectivity index (χ1n) is 4.40. The summed E-state index contributed by atoms with van der Waals surface area (Å²) in [6, 6.07) is 3.98. The largest absolute Gasteiger partial charge is 0.469 e. The highest BCUT2D eigenvalue weighted by atomic mass is 19.1. The molecule has 0 N–H and O–H groups in total. The van der Waals surface area contributed by atoms with Crippen LogP contribution in [0.3, 0.4) is 0 Å². The van der Waals surface area contributed by atoms with Crippen LogP contribution in [0.15, 0.2) is 18.2 Å². The summed E-state index contributed by atoms with van der Waals surface area (Å²) in [7, 11) is 1.21. The molecule has 1 aromatic rings. The van der Waals surface area contributed by atoms with Crippen molar-refractivity contribution in [3.05, 3.63) is 35.1 Å². The second-order valence-electron chi connectivity index (χ2n) is 3.14. The summed E-state index contributed by atoms with van der Waals surface area (Å²) in [6.45, 7) is 1.56. The molecule has 0 aliphatic heterocycles. The van der Waals surface area contributed by atoms with Gasteiger partial charge in [0.05, 0.1) is 7.11 Å². The summed E-state index contributed by atoms with van der Waals surface area (Å²) < 4.78 is 17.3. The summed E-state index contributed by atoms with van der Waals surface area (Å²) in [4.78, 5) is 22.3. The Labute approximate surface area is 86.9 Å². The maximum Gasteiger partial charge on any atom is 0.313 e. The highest BCUT2D eigenvalue weighted by Crippen LogP contribution is 2.11. The van der Waals surface area contributed by atoms with E-state index in [-0.39, 0.29) is 18.0 Å². The molecule has 0 bridgehead atoms. The van der Waals surface area contributed by atoms with Crippen LogP contribution in [0.25, 0.3) is 0 Å². The number of hydrogen-bond acceptors (Lipinski definition) is 3. The molecule has 15 heavy (non-hydrogen) atoms. The SMILES string of the molecule is COC(=O)CC(=O)c1ccc(F)c(C)c1. The minimum absolute atomic E-state index is 0.318. The van der Waals surface area contributed by atoms with Crippen LogP contribution in [0.4, 0.5) is 4.39 Å². The highest BCUT2D eigenvalue weighted by molar-refractivity contribution is 6.05. The molecule has 0 saturated carbocycles. The summed E-state index contributed by atoms with van der Waals surface area (Å²) in [5.74, 6) is -1.34. The van der Waals surface area contributed by atoms with E-state index in [4.69, 9.17) is 0 Å². The molecule has 0 aliphatic carbocycles. The van der Waals surface area contributed by atoms with Crippen LogP contribution >= 0.6 is 0 Å². The van der Waals surface area contributed by atoms with Crippen LogP contribution in [0.1, 0.15) is 22.3 Å². The molecule has 1 aromatic carbocycles. The fourth-order valence-corrected chi connectivity index (χ4v) is 1.12. The average molecular weight is 210 g/mol. The van der Waals surface area contributed by atoms with Crippen molar-refractivity contribution in [1.82, 2.24) is 0 Å². The fraction of sp³-hybridized carbons (Fsp3) is 0.273.